The summed E-state index contributed by atoms with van der Waals surface area (Å²) in [6.07, 6.45) is 5.23. The number of piperazine rings is 1. The lowest BCUT2D eigenvalue weighted by Crippen LogP contribution is -2.49. The summed E-state index contributed by atoms with van der Waals surface area (Å²) in [7, 11) is 2.14. The number of rotatable bonds is 1. The van der Waals surface area contributed by atoms with Crippen LogP contribution in [0.4, 0.5) is 0 Å². The minimum Gasteiger partial charge on any atom is -0.340 e. The molecule has 2 aliphatic carbocycles. The third-order valence-corrected chi connectivity index (χ3v) is 4.87. The predicted molar refractivity (Wildman–Crippen MR) is 63.0 cm³/mol. The van der Waals surface area contributed by atoms with Gasteiger partial charge in [0.2, 0.25) is 5.91 Å². The van der Waals surface area contributed by atoms with E-state index in [0.29, 0.717) is 11.8 Å². The molecule has 3 nitrogen and oxygen atoms in total. The summed E-state index contributed by atoms with van der Waals surface area (Å²) < 4.78 is 0. The zero-order valence-corrected chi connectivity index (χ0v) is 10.2. The van der Waals surface area contributed by atoms with E-state index in [0.717, 1.165) is 38.0 Å². The van der Waals surface area contributed by atoms with Crippen LogP contribution in [-0.2, 0) is 4.79 Å². The normalized spacial score (nSPS) is 39.3. The number of carbonyl (C=O) groups is 1. The fourth-order valence-electron chi connectivity index (χ4n) is 3.81. The average Bonchev–Trinajstić information content (AvgIpc) is 2.91. The third-order valence-electron chi connectivity index (χ3n) is 4.87. The van der Waals surface area contributed by atoms with Crippen LogP contribution in [0.15, 0.2) is 0 Å². The maximum Gasteiger partial charge on any atom is 0.226 e. The van der Waals surface area contributed by atoms with Gasteiger partial charge >= 0.3 is 0 Å². The highest BCUT2D eigenvalue weighted by molar-refractivity contribution is 5.79. The summed E-state index contributed by atoms with van der Waals surface area (Å²) >= 11 is 0. The van der Waals surface area contributed by atoms with Crippen molar-refractivity contribution >= 4 is 5.91 Å². The molecule has 0 spiro atoms. The molecule has 0 aromatic heterocycles. The van der Waals surface area contributed by atoms with E-state index in [2.05, 4.69) is 16.8 Å². The van der Waals surface area contributed by atoms with E-state index in [1.54, 1.807) is 0 Å². The van der Waals surface area contributed by atoms with Gasteiger partial charge < -0.3 is 9.80 Å². The second-order valence-corrected chi connectivity index (χ2v) is 5.91. The number of likely N-dealkylation sites (N-methyl/N-ethyl adjacent to an activating group) is 1. The molecule has 2 bridgehead atoms. The Hall–Kier alpha value is -0.570. The number of carbonyl (C=O) groups excluding carboxylic acids is 1. The molecule has 0 radical (unpaired) electrons. The van der Waals surface area contributed by atoms with Crippen molar-refractivity contribution in [1.29, 1.82) is 0 Å². The van der Waals surface area contributed by atoms with E-state index in [1.807, 2.05) is 0 Å². The fourth-order valence-corrected chi connectivity index (χ4v) is 3.81. The van der Waals surface area contributed by atoms with Crippen molar-refractivity contribution in [3.05, 3.63) is 0 Å². The van der Waals surface area contributed by atoms with Crippen LogP contribution >= 0.6 is 0 Å². The molecule has 3 atom stereocenters. The summed E-state index contributed by atoms with van der Waals surface area (Å²) in [5.74, 6) is 2.48. The van der Waals surface area contributed by atoms with E-state index >= 15 is 0 Å². The fraction of sp³-hybridized carbons (Fsp3) is 0.923. The lowest BCUT2D eigenvalue weighted by Gasteiger charge is -2.35. The van der Waals surface area contributed by atoms with E-state index in [-0.39, 0.29) is 0 Å². The molecule has 90 valence electrons. The summed E-state index contributed by atoms with van der Waals surface area (Å²) in [4.78, 5) is 16.8. The van der Waals surface area contributed by atoms with Crippen molar-refractivity contribution in [3.63, 3.8) is 0 Å². The van der Waals surface area contributed by atoms with Crippen LogP contribution in [0.2, 0.25) is 0 Å². The van der Waals surface area contributed by atoms with Gasteiger partial charge in [-0.15, -0.1) is 0 Å². The molecule has 2 saturated carbocycles. The highest BCUT2D eigenvalue weighted by Gasteiger charge is 2.44. The van der Waals surface area contributed by atoms with Crippen LogP contribution < -0.4 is 0 Å². The Balaban J connectivity index is 1.61. The van der Waals surface area contributed by atoms with Crippen molar-refractivity contribution in [3.8, 4) is 0 Å². The Morgan fingerprint density at radius 1 is 1.06 bits per heavy atom. The lowest BCUT2D eigenvalue weighted by molar-refractivity contribution is -0.138. The molecular formula is C13H22N2O. The minimum atomic E-state index is 0.391. The lowest BCUT2D eigenvalue weighted by atomic mass is 9.87. The number of hydrogen-bond donors (Lipinski definition) is 0. The van der Waals surface area contributed by atoms with Crippen LogP contribution in [0.3, 0.4) is 0 Å². The van der Waals surface area contributed by atoms with Crippen molar-refractivity contribution in [2.45, 2.75) is 25.7 Å². The molecule has 1 heterocycles. The number of hydrogen-bond acceptors (Lipinski definition) is 2. The van der Waals surface area contributed by atoms with Gasteiger partial charge in [-0.25, -0.2) is 0 Å². The quantitative estimate of drug-likeness (QED) is 0.665. The minimum absolute atomic E-state index is 0.391. The van der Waals surface area contributed by atoms with Gasteiger partial charge in [0.05, 0.1) is 0 Å². The SMILES string of the molecule is CN1CCN(C(=O)C2CC3CCC2C3)CC1. The molecule has 1 amide bonds. The van der Waals surface area contributed by atoms with Crippen molar-refractivity contribution in [1.82, 2.24) is 9.80 Å². The Morgan fingerprint density at radius 3 is 2.38 bits per heavy atom. The van der Waals surface area contributed by atoms with Crippen LogP contribution in [-0.4, -0.2) is 48.9 Å². The standard InChI is InChI=1S/C13H22N2O/c1-14-4-6-15(7-5-14)13(16)12-9-10-2-3-11(12)8-10/h10-12H,2-9H2,1H3. The molecule has 3 heteroatoms. The first-order valence-corrected chi connectivity index (χ1v) is 6.71. The molecule has 0 N–H and O–H groups in total. The second-order valence-electron chi connectivity index (χ2n) is 5.91. The molecule has 1 aliphatic heterocycles. The average molecular weight is 222 g/mol. The Kier molecular flexibility index (Phi) is 2.66. The Bertz CT molecular complexity index is 284. The molecule has 1 saturated heterocycles. The zero-order valence-electron chi connectivity index (χ0n) is 10.2. The van der Waals surface area contributed by atoms with Gasteiger partial charge in [0.25, 0.3) is 0 Å². The molecular weight excluding hydrogens is 200 g/mol. The van der Waals surface area contributed by atoms with Gasteiger partial charge in [0.1, 0.15) is 0 Å². The number of amides is 1. The van der Waals surface area contributed by atoms with Gasteiger partial charge in [-0.2, -0.15) is 0 Å². The molecule has 3 unspecified atom stereocenters. The highest BCUT2D eigenvalue weighted by Crippen LogP contribution is 2.48. The van der Waals surface area contributed by atoms with Gasteiger partial charge in [-0.05, 0) is 38.1 Å². The van der Waals surface area contributed by atoms with E-state index < -0.39 is 0 Å². The summed E-state index contributed by atoms with van der Waals surface area (Å²) in [5, 5.41) is 0. The van der Waals surface area contributed by atoms with Crippen molar-refractivity contribution in [2.24, 2.45) is 17.8 Å². The number of nitrogens with zero attached hydrogens (tertiary/aromatic N) is 2. The van der Waals surface area contributed by atoms with Crippen LogP contribution in [0.1, 0.15) is 25.7 Å². The van der Waals surface area contributed by atoms with Gasteiger partial charge in [0.15, 0.2) is 0 Å². The summed E-state index contributed by atoms with van der Waals surface area (Å²) in [5.41, 5.74) is 0. The first-order valence-electron chi connectivity index (χ1n) is 6.71. The topological polar surface area (TPSA) is 23.6 Å². The second kappa shape index (κ2) is 4.02. The molecule has 3 fully saturated rings. The predicted octanol–water partition coefficient (Wildman–Crippen LogP) is 1.20. The zero-order chi connectivity index (χ0) is 11.1. The van der Waals surface area contributed by atoms with Gasteiger partial charge in [0, 0.05) is 32.1 Å². The first-order chi connectivity index (χ1) is 7.74. The third kappa shape index (κ3) is 1.75. The van der Waals surface area contributed by atoms with Gasteiger partial charge in [-0.3, -0.25) is 4.79 Å². The van der Waals surface area contributed by atoms with E-state index in [9.17, 15) is 4.79 Å². The van der Waals surface area contributed by atoms with E-state index in [4.69, 9.17) is 0 Å². The van der Waals surface area contributed by atoms with E-state index in [1.165, 1.54) is 25.7 Å². The maximum absolute atomic E-state index is 12.4. The molecule has 3 aliphatic rings. The summed E-state index contributed by atoms with van der Waals surface area (Å²) in [6.45, 7) is 3.99. The van der Waals surface area contributed by atoms with Crippen molar-refractivity contribution < 1.29 is 4.79 Å². The van der Waals surface area contributed by atoms with Crippen molar-refractivity contribution in [2.75, 3.05) is 33.2 Å². The molecule has 0 aromatic rings. The molecule has 3 rings (SSSR count). The maximum atomic E-state index is 12.4. The summed E-state index contributed by atoms with van der Waals surface area (Å²) in [6, 6.07) is 0. The number of fused-ring (bicyclic) bond motifs is 2. The Labute approximate surface area is 97.8 Å². The van der Waals surface area contributed by atoms with Gasteiger partial charge in [-0.1, -0.05) is 6.42 Å². The highest BCUT2D eigenvalue weighted by atomic mass is 16.2. The van der Waals surface area contributed by atoms with Crippen LogP contribution in [0.5, 0.6) is 0 Å². The molecule has 0 aromatic carbocycles. The largest absolute Gasteiger partial charge is 0.340 e. The van der Waals surface area contributed by atoms with Crippen LogP contribution in [0.25, 0.3) is 0 Å². The smallest absolute Gasteiger partial charge is 0.226 e. The monoisotopic (exact) mass is 222 g/mol. The molecule has 16 heavy (non-hydrogen) atoms. The Morgan fingerprint density at radius 2 is 1.81 bits per heavy atom. The first kappa shape index (κ1) is 10.6. The van der Waals surface area contributed by atoms with Crippen LogP contribution in [0, 0.1) is 17.8 Å².